The van der Waals surface area contributed by atoms with E-state index in [-0.39, 0.29) is 24.5 Å². The largest absolute Gasteiger partial charge is 0.480 e. The maximum Gasteiger partial charge on any atom is 0.326 e. The van der Waals surface area contributed by atoms with Crippen molar-refractivity contribution in [2.45, 2.75) is 89.0 Å². The lowest BCUT2D eigenvalue weighted by Gasteiger charge is -2.25. The first-order valence-electron chi connectivity index (χ1n) is 13.2. The number of thiol groups is 1. The van der Waals surface area contributed by atoms with Crippen LogP contribution in [0, 0.1) is 5.92 Å². The van der Waals surface area contributed by atoms with Gasteiger partial charge in [-0.3, -0.25) is 19.2 Å². The number of aliphatic carboxylic acids is 1. The highest BCUT2D eigenvalue weighted by Gasteiger charge is 2.31. The highest BCUT2D eigenvalue weighted by atomic mass is 32.1. The van der Waals surface area contributed by atoms with E-state index in [9.17, 15) is 34.2 Å². The van der Waals surface area contributed by atoms with Crippen molar-refractivity contribution in [3.8, 4) is 0 Å². The average Bonchev–Trinajstić information content (AvgIpc) is 2.88. The normalized spacial score (nSPS) is 15.0. The molecule has 0 fully saturated rings. The third kappa shape index (κ3) is 15.1. The second-order valence-corrected chi connectivity index (χ2v) is 10.1. The van der Waals surface area contributed by atoms with Crippen molar-refractivity contribution in [2.24, 2.45) is 23.1 Å². The first-order chi connectivity index (χ1) is 18.4. The Balaban J connectivity index is 5.35. The van der Waals surface area contributed by atoms with Crippen LogP contribution in [0.15, 0.2) is 0 Å². The van der Waals surface area contributed by atoms with Crippen LogP contribution >= 0.6 is 12.6 Å². The second-order valence-electron chi connectivity index (χ2n) is 9.75. The van der Waals surface area contributed by atoms with Gasteiger partial charge in [-0.25, -0.2) is 4.79 Å². The van der Waals surface area contributed by atoms with Crippen molar-refractivity contribution in [2.75, 3.05) is 25.4 Å². The minimum absolute atomic E-state index is 0.000841. The number of rotatable bonds is 21. The molecular weight excluding hydrogens is 530 g/mol. The molecule has 0 aliphatic heterocycles. The van der Waals surface area contributed by atoms with Gasteiger partial charge in [-0.15, -0.1) is 0 Å². The summed E-state index contributed by atoms with van der Waals surface area (Å²) in [5.74, 6) is -4.27. The fourth-order valence-electron chi connectivity index (χ4n) is 3.58. The van der Waals surface area contributed by atoms with E-state index in [1.807, 2.05) is 13.8 Å². The minimum Gasteiger partial charge on any atom is -0.480 e. The molecule has 4 amide bonds. The van der Waals surface area contributed by atoms with Gasteiger partial charge in [-0.1, -0.05) is 20.3 Å². The van der Waals surface area contributed by atoms with Crippen LogP contribution < -0.4 is 38.5 Å². The van der Waals surface area contributed by atoms with E-state index in [4.69, 9.17) is 17.2 Å². The van der Waals surface area contributed by atoms with E-state index in [1.54, 1.807) is 0 Å². The van der Waals surface area contributed by atoms with Crippen LogP contribution in [-0.2, 0) is 24.0 Å². The van der Waals surface area contributed by atoms with Gasteiger partial charge in [0.05, 0.1) is 12.6 Å². The zero-order chi connectivity index (χ0) is 30.0. The number of carbonyl (C=O) groups excluding carboxylic acids is 4. The molecule has 226 valence electrons. The smallest absolute Gasteiger partial charge is 0.326 e. The Hall–Kier alpha value is -2.46. The SMILES string of the molecule is CC(C)C[C@H](NC(=O)[C@H](CCCCN)NC(=O)[C@H](CS)NC(=O)[C@H](CO)NC(=O)[C@@H](N)CCCCN)C(=O)O. The monoisotopic (exact) mass is 577 g/mol. The topological polar surface area (TPSA) is 252 Å². The van der Waals surface area contributed by atoms with Crippen molar-refractivity contribution in [1.82, 2.24) is 21.3 Å². The van der Waals surface area contributed by atoms with Crippen molar-refractivity contribution in [3.63, 3.8) is 0 Å². The maximum absolute atomic E-state index is 13.0. The molecule has 0 unspecified atom stereocenters. The van der Waals surface area contributed by atoms with Crippen LogP contribution in [-0.4, -0.2) is 95.5 Å². The summed E-state index contributed by atoms with van der Waals surface area (Å²) in [6.45, 7) is 3.72. The number of amides is 4. The predicted molar refractivity (Wildman–Crippen MR) is 150 cm³/mol. The molecule has 0 bridgehead atoms. The summed E-state index contributed by atoms with van der Waals surface area (Å²) < 4.78 is 0. The standard InChI is InChI=1S/C24H47N7O7S/c1-14(2)11-17(24(37)38)29-21(34)16(8-4-6-10-26)28-23(36)19(13-39)31-22(35)18(12-32)30-20(33)15(27)7-3-5-9-25/h14-19,32,39H,3-13,25-27H2,1-2H3,(H,28,36)(H,29,34)(H,30,33)(H,31,35)(H,37,38)/t15-,16-,17-,18-,19-/m0/s1. The van der Waals surface area contributed by atoms with Crippen LogP contribution in [0.4, 0.5) is 0 Å². The summed E-state index contributed by atoms with van der Waals surface area (Å²) in [6, 6.07) is -5.72. The second kappa shape index (κ2) is 20.4. The number of carboxylic acid groups (broad SMARTS) is 1. The van der Waals surface area contributed by atoms with E-state index in [1.165, 1.54) is 0 Å². The molecule has 0 rings (SSSR count). The van der Waals surface area contributed by atoms with Crippen molar-refractivity contribution < 1.29 is 34.2 Å². The Kier molecular flexibility index (Phi) is 19.2. The fourth-order valence-corrected chi connectivity index (χ4v) is 3.84. The van der Waals surface area contributed by atoms with Crippen molar-refractivity contribution in [1.29, 1.82) is 0 Å². The first kappa shape index (κ1) is 36.5. The fraction of sp³-hybridized carbons (Fsp3) is 0.792. The highest BCUT2D eigenvalue weighted by Crippen LogP contribution is 2.08. The minimum atomic E-state index is -1.37. The molecule has 0 spiro atoms. The van der Waals surface area contributed by atoms with Crippen molar-refractivity contribution in [3.05, 3.63) is 0 Å². The van der Waals surface area contributed by atoms with Gasteiger partial charge < -0.3 is 48.7 Å². The summed E-state index contributed by atoms with van der Waals surface area (Å²) in [7, 11) is 0. The van der Waals surface area contributed by atoms with Crippen LogP contribution in [0.2, 0.25) is 0 Å². The van der Waals surface area contributed by atoms with Gasteiger partial charge in [-0.05, 0) is 57.5 Å². The lowest BCUT2D eigenvalue weighted by Crippen LogP contribution is -2.59. The number of hydrogen-bond donors (Lipinski definition) is 10. The molecule has 0 saturated carbocycles. The number of carbonyl (C=O) groups is 5. The lowest BCUT2D eigenvalue weighted by molar-refractivity contribution is -0.142. The van der Waals surface area contributed by atoms with Gasteiger partial charge in [0.1, 0.15) is 24.2 Å². The van der Waals surface area contributed by atoms with E-state index in [0.29, 0.717) is 45.2 Å². The van der Waals surface area contributed by atoms with Gasteiger partial charge in [0.25, 0.3) is 0 Å². The Morgan fingerprint density at radius 2 is 1.18 bits per heavy atom. The molecule has 15 heteroatoms. The van der Waals surface area contributed by atoms with E-state index in [2.05, 4.69) is 33.9 Å². The molecule has 5 atom stereocenters. The van der Waals surface area contributed by atoms with E-state index in [0.717, 1.165) is 0 Å². The summed E-state index contributed by atoms with van der Waals surface area (Å²) in [5, 5.41) is 28.9. The van der Waals surface area contributed by atoms with Gasteiger partial charge in [0, 0.05) is 5.75 Å². The third-order valence-electron chi connectivity index (χ3n) is 5.84. The van der Waals surface area contributed by atoms with E-state index < -0.39 is 66.4 Å². The maximum atomic E-state index is 13.0. The molecular formula is C24H47N7O7S. The molecule has 14 nitrogen and oxygen atoms in total. The summed E-state index contributed by atoms with van der Waals surface area (Å²) >= 11 is 4.11. The zero-order valence-electron chi connectivity index (χ0n) is 22.9. The molecule has 12 N–H and O–H groups in total. The van der Waals surface area contributed by atoms with Gasteiger partial charge in [0.2, 0.25) is 23.6 Å². The van der Waals surface area contributed by atoms with Crippen LogP contribution in [0.25, 0.3) is 0 Å². The average molecular weight is 578 g/mol. The van der Waals surface area contributed by atoms with E-state index >= 15 is 0 Å². The molecule has 0 aromatic carbocycles. The number of unbranched alkanes of at least 4 members (excludes halogenated alkanes) is 2. The van der Waals surface area contributed by atoms with Crippen LogP contribution in [0.5, 0.6) is 0 Å². The molecule has 0 aromatic heterocycles. The first-order valence-corrected chi connectivity index (χ1v) is 13.9. The Bertz CT molecular complexity index is 788. The molecule has 0 aliphatic carbocycles. The molecule has 0 radical (unpaired) electrons. The lowest BCUT2D eigenvalue weighted by atomic mass is 10.0. The summed E-state index contributed by atoms with van der Waals surface area (Å²) in [6.07, 6.45) is 3.10. The Labute approximate surface area is 235 Å². The van der Waals surface area contributed by atoms with Gasteiger partial charge >= 0.3 is 5.97 Å². The van der Waals surface area contributed by atoms with Gasteiger partial charge in [-0.2, -0.15) is 12.6 Å². The number of nitrogens with one attached hydrogen (secondary N) is 4. The molecule has 0 saturated heterocycles. The van der Waals surface area contributed by atoms with Crippen molar-refractivity contribution >= 4 is 42.2 Å². The number of hydrogen-bond acceptors (Lipinski definition) is 10. The molecule has 0 aliphatic rings. The quantitative estimate of drug-likeness (QED) is 0.0509. The number of aliphatic hydroxyl groups excluding tert-OH is 1. The number of nitrogens with two attached hydrogens (primary N) is 3. The highest BCUT2D eigenvalue weighted by molar-refractivity contribution is 7.80. The Morgan fingerprint density at radius 3 is 1.67 bits per heavy atom. The van der Waals surface area contributed by atoms with Crippen LogP contribution in [0.1, 0.15) is 58.8 Å². The van der Waals surface area contributed by atoms with Crippen LogP contribution in [0.3, 0.4) is 0 Å². The molecule has 39 heavy (non-hydrogen) atoms. The predicted octanol–water partition coefficient (Wildman–Crippen LogP) is -2.44. The summed E-state index contributed by atoms with van der Waals surface area (Å²) in [5.41, 5.74) is 16.8. The Morgan fingerprint density at radius 1 is 0.718 bits per heavy atom. The number of aliphatic hydroxyl groups is 1. The third-order valence-corrected chi connectivity index (χ3v) is 6.20. The molecule has 0 heterocycles. The zero-order valence-corrected chi connectivity index (χ0v) is 23.8. The van der Waals surface area contributed by atoms with Gasteiger partial charge in [0.15, 0.2) is 0 Å². The number of carboxylic acids is 1. The molecule has 0 aromatic rings. The summed E-state index contributed by atoms with van der Waals surface area (Å²) in [4.78, 5) is 62.5.